The van der Waals surface area contributed by atoms with Crippen molar-refractivity contribution in [3.05, 3.63) is 82.7 Å². The Labute approximate surface area is 196 Å². The molecule has 0 bridgehead atoms. The summed E-state index contributed by atoms with van der Waals surface area (Å²) in [6.07, 6.45) is 0. The van der Waals surface area contributed by atoms with Gasteiger partial charge in [0, 0.05) is 17.8 Å². The summed E-state index contributed by atoms with van der Waals surface area (Å²) < 4.78 is 30.1. The fraction of sp³-hybridized carbons (Fsp3) is 0.360. The highest BCUT2D eigenvalue weighted by molar-refractivity contribution is 7.89. The van der Waals surface area contributed by atoms with E-state index in [-0.39, 0.29) is 23.3 Å². The Hall–Kier alpha value is -2.97. The third kappa shape index (κ3) is 6.09. The van der Waals surface area contributed by atoms with Crippen molar-refractivity contribution in [1.29, 1.82) is 0 Å². The van der Waals surface area contributed by atoms with Crippen molar-refractivity contribution in [1.82, 2.24) is 19.8 Å². The molecule has 1 amide bonds. The molecule has 0 radical (unpaired) electrons. The van der Waals surface area contributed by atoms with Gasteiger partial charge in [-0.15, -0.1) is 0 Å². The number of carbonyl (C=O) groups is 1. The molecule has 0 aliphatic carbocycles. The van der Waals surface area contributed by atoms with Crippen molar-refractivity contribution in [3.63, 3.8) is 0 Å². The second-order valence-electron chi connectivity index (χ2n) is 8.67. The molecule has 2 aromatic carbocycles. The van der Waals surface area contributed by atoms with Crippen LogP contribution in [-0.2, 0) is 27.9 Å². The lowest BCUT2D eigenvalue weighted by Gasteiger charge is -2.22. The van der Waals surface area contributed by atoms with E-state index >= 15 is 0 Å². The second kappa shape index (κ2) is 10.3. The number of hydrogen-bond donors (Lipinski definition) is 2. The van der Waals surface area contributed by atoms with E-state index in [1.807, 2.05) is 69.6 Å². The first-order valence-corrected chi connectivity index (χ1v) is 12.5. The SMILES string of the molecule is Cc1ccc(S(=O)(=O)NC(C(=O)NCc2c(C)nn(Cc3ccccc3)c2C)C(C)C)cc1. The van der Waals surface area contributed by atoms with Crippen molar-refractivity contribution in [2.45, 2.75) is 58.6 Å². The number of nitrogens with one attached hydrogen (secondary N) is 2. The van der Waals surface area contributed by atoms with Gasteiger partial charge in [-0.05, 0) is 44.4 Å². The zero-order chi connectivity index (χ0) is 24.2. The Morgan fingerprint density at radius 1 is 1.00 bits per heavy atom. The molecule has 1 aromatic heterocycles. The molecule has 1 heterocycles. The zero-order valence-corrected chi connectivity index (χ0v) is 20.6. The number of aryl methyl sites for hydroxylation is 2. The number of hydrogen-bond acceptors (Lipinski definition) is 4. The van der Waals surface area contributed by atoms with Crippen molar-refractivity contribution in [2.24, 2.45) is 5.92 Å². The molecule has 1 atom stereocenters. The Morgan fingerprint density at radius 2 is 1.64 bits per heavy atom. The maximum absolute atomic E-state index is 13.0. The van der Waals surface area contributed by atoms with Gasteiger partial charge >= 0.3 is 0 Å². The van der Waals surface area contributed by atoms with E-state index in [1.165, 1.54) is 0 Å². The molecule has 0 fully saturated rings. The van der Waals surface area contributed by atoms with E-state index in [9.17, 15) is 13.2 Å². The molecule has 1 unspecified atom stereocenters. The standard InChI is InChI=1S/C25H32N4O3S/c1-17(2)24(28-33(31,32)22-13-11-18(3)12-14-22)25(30)26-15-23-19(4)27-29(20(23)5)16-21-9-7-6-8-10-21/h6-14,17,24,28H,15-16H2,1-5H3,(H,26,30). The van der Waals surface area contributed by atoms with Crippen LogP contribution >= 0.6 is 0 Å². The van der Waals surface area contributed by atoms with E-state index in [0.29, 0.717) is 6.54 Å². The first kappa shape index (κ1) is 24.7. The number of carbonyl (C=O) groups excluding carboxylic acids is 1. The van der Waals surface area contributed by atoms with Gasteiger partial charge in [0.15, 0.2) is 0 Å². The lowest BCUT2D eigenvalue weighted by atomic mass is 10.0. The fourth-order valence-electron chi connectivity index (χ4n) is 3.63. The van der Waals surface area contributed by atoms with Crippen LogP contribution in [0.5, 0.6) is 0 Å². The van der Waals surface area contributed by atoms with E-state index in [2.05, 4.69) is 15.1 Å². The minimum Gasteiger partial charge on any atom is -0.350 e. The van der Waals surface area contributed by atoms with Crippen molar-refractivity contribution in [3.8, 4) is 0 Å². The van der Waals surface area contributed by atoms with Crippen LogP contribution in [0, 0.1) is 26.7 Å². The number of benzene rings is 2. The molecule has 3 rings (SSSR count). The van der Waals surface area contributed by atoms with Gasteiger partial charge in [-0.2, -0.15) is 9.82 Å². The molecule has 0 saturated heterocycles. The van der Waals surface area contributed by atoms with E-state index < -0.39 is 16.1 Å². The third-order valence-corrected chi connectivity index (χ3v) is 7.17. The van der Waals surface area contributed by atoms with Crippen molar-refractivity contribution in [2.75, 3.05) is 0 Å². The highest BCUT2D eigenvalue weighted by Gasteiger charge is 2.28. The van der Waals surface area contributed by atoms with Crippen LogP contribution in [0.25, 0.3) is 0 Å². The Bertz CT molecular complexity index is 1200. The topological polar surface area (TPSA) is 93.1 Å². The second-order valence-corrected chi connectivity index (χ2v) is 10.4. The third-order valence-electron chi connectivity index (χ3n) is 5.71. The van der Waals surface area contributed by atoms with Gasteiger partial charge in [-0.3, -0.25) is 9.48 Å². The number of amides is 1. The molecule has 7 nitrogen and oxygen atoms in total. The van der Waals surface area contributed by atoms with Crippen molar-refractivity contribution < 1.29 is 13.2 Å². The van der Waals surface area contributed by atoms with Crippen LogP contribution in [-0.4, -0.2) is 30.1 Å². The molecule has 0 aliphatic rings. The van der Waals surface area contributed by atoms with Gasteiger partial charge in [0.05, 0.1) is 17.1 Å². The maximum atomic E-state index is 13.0. The van der Waals surface area contributed by atoms with Gasteiger partial charge in [0.25, 0.3) is 0 Å². The first-order valence-electron chi connectivity index (χ1n) is 11.0. The maximum Gasteiger partial charge on any atom is 0.241 e. The summed E-state index contributed by atoms with van der Waals surface area (Å²) in [6, 6.07) is 15.7. The molecule has 176 valence electrons. The lowest BCUT2D eigenvalue weighted by Crippen LogP contribution is -2.49. The molecule has 0 spiro atoms. The van der Waals surface area contributed by atoms with E-state index in [1.54, 1.807) is 24.3 Å². The van der Waals surface area contributed by atoms with Crippen LogP contribution in [0.2, 0.25) is 0 Å². The summed E-state index contributed by atoms with van der Waals surface area (Å²) in [6.45, 7) is 10.3. The summed E-state index contributed by atoms with van der Waals surface area (Å²) in [4.78, 5) is 13.1. The van der Waals surface area contributed by atoms with Gasteiger partial charge in [0.2, 0.25) is 15.9 Å². The molecule has 8 heteroatoms. The number of sulfonamides is 1. The number of aromatic nitrogens is 2. The summed E-state index contributed by atoms with van der Waals surface area (Å²) in [7, 11) is -3.82. The molecule has 3 aromatic rings. The smallest absolute Gasteiger partial charge is 0.241 e. The Kier molecular flexibility index (Phi) is 7.71. The monoisotopic (exact) mass is 468 g/mol. The molecule has 33 heavy (non-hydrogen) atoms. The van der Waals surface area contributed by atoms with Crippen LogP contribution in [0.3, 0.4) is 0 Å². The lowest BCUT2D eigenvalue weighted by molar-refractivity contribution is -0.123. The van der Waals surface area contributed by atoms with Gasteiger partial charge in [-0.1, -0.05) is 61.9 Å². The highest BCUT2D eigenvalue weighted by atomic mass is 32.2. The predicted octanol–water partition coefficient (Wildman–Crippen LogP) is 3.48. The largest absolute Gasteiger partial charge is 0.350 e. The Morgan fingerprint density at radius 3 is 2.24 bits per heavy atom. The number of nitrogens with zero attached hydrogens (tertiary/aromatic N) is 2. The van der Waals surface area contributed by atoms with Crippen LogP contribution in [0.4, 0.5) is 0 Å². The predicted molar refractivity (Wildman–Crippen MR) is 129 cm³/mol. The fourth-order valence-corrected chi connectivity index (χ4v) is 4.97. The van der Waals surface area contributed by atoms with E-state index in [4.69, 9.17) is 0 Å². The first-order chi connectivity index (χ1) is 15.6. The van der Waals surface area contributed by atoms with Crippen LogP contribution in [0.15, 0.2) is 59.5 Å². The number of rotatable bonds is 9. The molecular formula is C25H32N4O3S. The van der Waals surface area contributed by atoms with Crippen LogP contribution < -0.4 is 10.0 Å². The van der Waals surface area contributed by atoms with Crippen molar-refractivity contribution >= 4 is 15.9 Å². The van der Waals surface area contributed by atoms with Gasteiger partial charge in [-0.25, -0.2) is 8.42 Å². The summed E-state index contributed by atoms with van der Waals surface area (Å²) in [5.74, 6) is -0.594. The highest BCUT2D eigenvalue weighted by Crippen LogP contribution is 2.16. The minimum absolute atomic E-state index is 0.139. The molecule has 2 N–H and O–H groups in total. The summed E-state index contributed by atoms with van der Waals surface area (Å²) in [5.41, 5.74) is 4.85. The van der Waals surface area contributed by atoms with E-state index in [0.717, 1.165) is 28.1 Å². The average Bonchev–Trinajstić information content (AvgIpc) is 3.03. The molecular weight excluding hydrogens is 436 g/mol. The summed E-state index contributed by atoms with van der Waals surface area (Å²) in [5, 5.41) is 7.53. The van der Waals surface area contributed by atoms with Gasteiger partial charge < -0.3 is 5.32 Å². The quantitative estimate of drug-likeness (QED) is 0.503. The normalized spacial score (nSPS) is 12.7. The van der Waals surface area contributed by atoms with Crippen LogP contribution in [0.1, 0.15) is 41.9 Å². The summed E-state index contributed by atoms with van der Waals surface area (Å²) >= 11 is 0. The minimum atomic E-state index is -3.82. The van der Waals surface area contributed by atoms with Gasteiger partial charge in [0.1, 0.15) is 6.04 Å². The molecule has 0 aliphatic heterocycles. The Balaban J connectivity index is 1.71. The molecule has 0 saturated carbocycles. The zero-order valence-electron chi connectivity index (χ0n) is 19.8. The average molecular weight is 469 g/mol.